The van der Waals surface area contributed by atoms with E-state index < -0.39 is 0 Å². The molecule has 2 heteroatoms. The summed E-state index contributed by atoms with van der Waals surface area (Å²) in [7, 11) is 0. The highest BCUT2D eigenvalue weighted by Crippen LogP contribution is 2.51. The van der Waals surface area contributed by atoms with Gasteiger partial charge in [-0.15, -0.1) is 0 Å². The lowest BCUT2D eigenvalue weighted by atomic mass is 9.81. The van der Waals surface area contributed by atoms with E-state index in [0.29, 0.717) is 0 Å². The van der Waals surface area contributed by atoms with E-state index in [1.165, 1.54) is 61.6 Å². The van der Waals surface area contributed by atoms with Crippen LogP contribution in [0.1, 0.15) is 47.2 Å². The third-order valence-electron chi connectivity index (χ3n) is 10.1. The summed E-state index contributed by atoms with van der Waals surface area (Å²) < 4.78 is 0. The van der Waals surface area contributed by atoms with Crippen molar-refractivity contribution in [2.45, 2.75) is 33.1 Å². The number of hydrogen-bond donors (Lipinski definition) is 0. The fraction of sp³-hybridized carbons (Fsp3) is 0.102. The van der Waals surface area contributed by atoms with Gasteiger partial charge in [0.2, 0.25) is 0 Å². The van der Waals surface area contributed by atoms with Crippen LogP contribution >= 0.6 is 0 Å². The maximum Gasteiger partial charge on any atom is 0.0465 e. The van der Waals surface area contributed by atoms with Crippen molar-refractivity contribution >= 4 is 46.3 Å². The van der Waals surface area contributed by atoms with Crippen LogP contribution in [0.4, 0.5) is 34.1 Å². The molecule has 51 heavy (non-hydrogen) atoms. The highest BCUT2D eigenvalue weighted by Gasteiger charge is 2.36. The molecule has 0 fully saturated rings. The molecule has 248 valence electrons. The molecule has 0 N–H and O–H groups in total. The minimum absolute atomic E-state index is 0.143. The molecule has 0 bridgehead atoms. The highest BCUT2D eigenvalue weighted by molar-refractivity contribution is 5.87. The Balaban J connectivity index is 1.08. The molecule has 0 saturated carbocycles. The fourth-order valence-corrected chi connectivity index (χ4v) is 7.50. The van der Waals surface area contributed by atoms with Gasteiger partial charge in [-0.25, -0.2) is 0 Å². The maximum atomic E-state index is 2.41. The molecule has 0 aliphatic heterocycles. The third-order valence-corrected chi connectivity index (χ3v) is 10.1. The Bertz CT molecular complexity index is 2270. The van der Waals surface area contributed by atoms with Crippen molar-refractivity contribution in [3.63, 3.8) is 0 Å². The standard InChI is InChI=1S/C49H42N2/c1-35-13-11-19-42(31-35)51(43-20-12-14-36(2)32-43)44-28-30-46-45-29-25-38(33-47(45)49(3,4)48(46)34-44)22-21-37-23-26-41(27-24-37)50(39-15-7-5-8-16-39)40-17-9-6-10-18-40/h5-34H,1-4H3. The van der Waals surface area contributed by atoms with Crippen molar-refractivity contribution < 1.29 is 0 Å². The van der Waals surface area contributed by atoms with Crippen LogP contribution in [-0.2, 0) is 5.41 Å². The average molecular weight is 659 g/mol. The molecule has 8 rings (SSSR count). The van der Waals surface area contributed by atoms with E-state index in [-0.39, 0.29) is 5.41 Å². The first-order valence-electron chi connectivity index (χ1n) is 17.8. The van der Waals surface area contributed by atoms with Gasteiger partial charge in [0.25, 0.3) is 0 Å². The lowest BCUT2D eigenvalue weighted by molar-refractivity contribution is 0.660. The van der Waals surface area contributed by atoms with Gasteiger partial charge in [0.15, 0.2) is 0 Å². The fourth-order valence-electron chi connectivity index (χ4n) is 7.50. The second-order valence-corrected chi connectivity index (χ2v) is 14.1. The van der Waals surface area contributed by atoms with Crippen LogP contribution in [0, 0.1) is 13.8 Å². The largest absolute Gasteiger partial charge is 0.311 e. The lowest BCUT2D eigenvalue weighted by Gasteiger charge is -2.28. The van der Waals surface area contributed by atoms with E-state index in [2.05, 4.69) is 220 Å². The van der Waals surface area contributed by atoms with Crippen molar-refractivity contribution in [2.24, 2.45) is 0 Å². The highest BCUT2D eigenvalue weighted by atomic mass is 15.1. The second-order valence-electron chi connectivity index (χ2n) is 14.1. The molecule has 0 spiro atoms. The first-order chi connectivity index (χ1) is 24.8. The molecule has 0 atom stereocenters. The van der Waals surface area contributed by atoms with Gasteiger partial charge in [-0.2, -0.15) is 0 Å². The van der Waals surface area contributed by atoms with Crippen LogP contribution in [0.2, 0.25) is 0 Å². The number of rotatable bonds is 8. The van der Waals surface area contributed by atoms with E-state index in [0.717, 1.165) is 17.1 Å². The smallest absolute Gasteiger partial charge is 0.0465 e. The van der Waals surface area contributed by atoms with Crippen molar-refractivity contribution in [1.29, 1.82) is 0 Å². The molecule has 0 unspecified atom stereocenters. The second kappa shape index (κ2) is 13.3. The van der Waals surface area contributed by atoms with E-state index in [9.17, 15) is 0 Å². The number of fused-ring (bicyclic) bond motifs is 3. The average Bonchev–Trinajstić information content (AvgIpc) is 3.37. The summed E-state index contributed by atoms with van der Waals surface area (Å²) in [5.74, 6) is 0. The molecular formula is C49H42N2. The monoisotopic (exact) mass is 658 g/mol. The van der Waals surface area contributed by atoms with Crippen molar-refractivity contribution in [3.05, 3.63) is 203 Å². The number of para-hydroxylation sites is 2. The molecule has 0 radical (unpaired) electrons. The van der Waals surface area contributed by atoms with E-state index in [1.807, 2.05) is 0 Å². The SMILES string of the molecule is Cc1cccc(N(c2cccc(C)c2)c2ccc3c(c2)C(C)(C)c2cc(C=Cc4ccc(N(c5ccccc5)c5ccccc5)cc4)ccc2-3)c1. The first kappa shape index (κ1) is 32.1. The van der Waals surface area contributed by atoms with E-state index in [1.54, 1.807) is 0 Å². The summed E-state index contributed by atoms with van der Waals surface area (Å²) in [5.41, 5.74) is 17.0. The van der Waals surface area contributed by atoms with E-state index >= 15 is 0 Å². The van der Waals surface area contributed by atoms with Crippen LogP contribution in [0.25, 0.3) is 23.3 Å². The predicted molar refractivity (Wildman–Crippen MR) is 218 cm³/mol. The van der Waals surface area contributed by atoms with Gasteiger partial charge in [-0.3, -0.25) is 0 Å². The predicted octanol–water partition coefficient (Wildman–Crippen LogP) is 13.7. The Kier molecular flexibility index (Phi) is 8.37. The number of nitrogens with zero attached hydrogens (tertiary/aromatic N) is 2. The zero-order chi connectivity index (χ0) is 35.0. The number of anilines is 6. The van der Waals surface area contributed by atoms with Gasteiger partial charge in [-0.05, 0) is 131 Å². The minimum atomic E-state index is -0.143. The quantitative estimate of drug-likeness (QED) is 0.150. The Morgan fingerprint density at radius 2 is 0.784 bits per heavy atom. The first-order valence-corrected chi connectivity index (χ1v) is 17.8. The summed E-state index contributed by atoms with van der Waals surface area (Å²) in [4.78, 5) is 4.68. The van der Waals surface area contributed by atoms with Gasteiger partial charge in [-0.1, -0.05) is 123 Å². The lowest BCUT2D eigenvalue weighted by Crippen LogP contribution is -2.16. The van der Waals surface area contributed by atoms with Crippen LogP contribution in [0.15, 0.2) is 170 Å². The molecule has 7 aromatic carbocycles. The zero-order valence-corrected chi connectivity index (χ0v) is 29.7. The molecule has 0 aromatic heterocycles. The Morgan fingerprint density at radius 3 is 1.35 bits per heavy atom. The molecule has 2 nitrogen and oxygen atoms in total. The van der Waals surface area contributed by atoms with Gasteiger partial charge < -0.3 is 9.80 Å². The molecule has 0 amide bonds. The zero-order valence-electron chi connectivity index (χ0n) is 29.7. The molecule has 0 saturated heterocycles. The summed E-state index contributed by atoms with van der Waals surface area (Å²) in [6, 6.07) is 61.4. The molecule has 0 heterocycles. The molecule has 1 aliphatic carbocycles. The molecule has 7 aromatic rings. The number of aryl methyl sites for hydroxylation is 2. The Hall–Kier alpha value is -6.12. The van der Waals surface area contributed by atoms with Gasteiger partial charge in [0, 0.05) is 39.5 Å². The normalized spacial score (nSPS) is 12.8. The van der Waals surface area contributed by atoms with Crippen LogP contribution < -0.4 is 9.80 Å². The third kappa shape index (κ3) is 6.26. The van der Waals surface area contributed by atoms with Crippen LogP contribution in [0.5, 0.6) is 0 Å². The number of benzene rings is 7. The van der Waals surface area contributed by atoms with E-state index in [4.69, 9.17) is 0 Å². The topological polar surface area (TPSA) is 6.48 Å². The minimum Gasteiger partial charge on any atom is -0.311 e. The molecular weight excluding hydrogens is 617 g/mol. The van der Waals surface area contributed by atoms with Crippen LogP contribution in [-0.4, -0.2) is 0 Å². The van der Waals surface area contributed by atoms with Gasteiger partial charge >= 0.3 is 0 Å². The van der Waals surface area contributed by atoms with Gasteiger partial charge in [0.05, 0.1) is 0 Å². The summed E-state index contributed by atoms with van der Waals surface area (Å²) in [6.07, 6.45) is 4.46. The van der Waals surface area contributed by atoms with Crippen LogP contribution in [0.3, 0.4) is 0 Å². The van der Waals surface area contributed by atoms with Crippen molar-refractivity contribution in [1.82, 2.24) is 0 Å². The summed E-state index contributed by atoms with van der Waals surface area (Å²) in [6.45, 7) is 9.05. The maximum absolute atomic E-state index is 2.41. The summed E-state index contributed by atoms with van der Waals surface area (Å²) in [5, 5.41) is 0. The van der Waals surface area contributed by atoms with Crippen molar-refractivity contribution in [2.75, 3.05) is 9.80 Å². The van der Waals surface area contributed by atoms with Crippen molar-refractivity contribution in [3.8, 4) is 11.1 Å². The molecule has 1 aliphatic rings. The Labute approximate surface area is 302 Å². The van der Waals surface area contributed by atoms with Gasteiger partial charge in [0.1, 0.15) is 0 Å². The summed E-state index contributed by atoms with van der Waals surface area (Å²) >= 11 is 0. The number of hydrogen-bond acceptors (Lipinski definition) is 2. The Morgan fingerprint density at radius 1 is 0.373 bits per heavy atom.